The third kappa shape index (κ3) is 2.71. The van der Waals surface area contributed by atoms with Crippen LogP contribution in [0.15, 0.2) is 24.3 Å². The summed E-state index contributed by atoms with van der Waals surface area (Å²) in [6, 6.07) is 6.63. The fourth-order valence-corrected chi connectivity index (χ4v) is 3.28. The van der Waals surface area contributed by atoms with Gasteiger partial charge in [0.15, 0.2) is 6.04 Å². The molecule has 0 saturated carbocycles. The fourth-order valence-electron chi connectivity index (χ4n) is 3.28. The lowest BCUT2D eigenvalue weighted by Gasteiger charge is -2.29. The molecule has 2 aliphatic rings. The van der Waals surface area contributed by atoms with Gasteiger partial charge in [-0.25, -0.2) is 4.90 Å². The second-order valence-electron chi connectivity index (χ2n) is 5.91. The number of ether oxygens (including phenoxy) is 1. The molecule has 0 unspecified atom stereocenters. The zero-order chi connectivity index (χ0) is 15.7. The van der Waals surface area contributed by atoms with Gasteiger partial charge < -0.3 is 14.7 Å². The number of likely N-dealkylation sites (tertiary alicyclic amines) is 1. The first-order valence-corrected chi connectivity index (χ1v) is 7.63. The number of methoxy groups -OCH3 is 1. The standard InChI is InChI=1S/C16H20N2O4/c1-22-13-4-2-11(3-5-13)18-15(20)10-14(16(18)21)17-8-6-12(19)7-9-17/h2-5,12,14,19H,6-10H2,1H3/p+1/t14-/m1/s1. The van der Waals surface area contributed by atoms with Crippen molar-refractivity contribution < 1.29 is 24.3 Å². The van der Waals surface area contributed by atoms with Gasteiger partial charge in [0, 0.05) is 12.8 Å². The van der Waals surface area contributed by atoms with E-state index in [1.807, 2.05) is 0 Å². The maximum absolute atomic E-state index is 12.6. The molecule has 2 heterocycles. The summed E-state index contributed by atoms with van der Waals surface area (Å²) in [7, 11) is 1.57. The van der Waals surface area contributed by atoms with E-state index in [0.29, 0.717) is 24.3 Å². The molecule has 0 radical (unpaired) electrons. The smallest absolute Gasteiger partial charge is 0.292 e. The second-order valence-corrected chi connectivity index (χ2v) is 5.91. The van der Waals surface area contributed by atoms with E-state index in [9.17, 15) is 14.7 Å². The number of imide groups is 1. The normalized spacial score (nSPS) is 29.0. The topological polar surface area (TPSA) is 71.3 Å². The summed E-state index contributed by atoms with van der Waals surface area (Å²) in [5.41, 5.74) is 0.592. The van der Waals surface area contributed by atoms with Crippen molar-refractivity contribution in [2.75, 3.05) is 25.1 Å². The van der Waals surface area contributed by atoms with Crippen molar-refractivity contribution in [2.45, 2.75) is 31.4 Å². The number of benzene rings is 1. The average Bonchev–Trinajstić information content (AvgIpc) is 2.83. The monoisotopic (exact) mass is 305 g/mol. The Bertz CT molecular complexity index is 564. The largest absolute Gasteiger partial charge is 0.497 e. The van der Waals surface area contributed by atoms with Crippen molar-refractivity contribution in [1.82, 2.24) is 0 Å². The van der Waals surface area contributed by atoms with E-state index in [4.69, 9.17) is 4.74 Å². The number of quaternary nitrogens is 1. The van der Waals surface area contributed by atoms with Gasteiger partial charge in [-0.15, -0.1) is 0 Å². The lowest BCUT2D eigenvalue weighted by Crippen LogP contribution is -3.17. The zero-order valence-electron chi connectivity index (χ0n) is 12.6. The van der Waals surface area contributed by atoms with E-state index in [-0.39, 0.29) is 30.4 Å². The van der Waals surface area contributed by atoms with Crippen molar-refractivity contribution in [1.29, 1.82) is 0 Å². The van der Waals surface area contributed by atoms with Crippen LogP contribution in [0.5, 0.6) is 5.75 Å². The Morgan fingerprint density at radius 1 is 1.18 bits per heavy atom. The van der Waals surface area contributed by atoms with Crippen LogP contribution in [0, 0.1) is 0 Å². The summed E-state index contributed by atoms with van der Waals surface area (Å²) in [6.07, 6.45) is 1.36. The molecule has 2 N–H and O–H groups in total. The van der Waals surface area contributed by atoms with Gasteiger partial charge in [-0.1, -0.05) is 0 Å². The SMILES string of the molecule is COc1ccc(N2C(=O)C[C@@H]([NH+]3CCC(O)CC3)C2=O)cc1. The lowest BCUT2D eigenvalue weighted by molar-refractivity contribution is -0.920. The summed E-state index contributed by atoms with van der Waals surface area (Å²) >= 11 is 0. The average molecular weight is 305 g/mol. The molecule has 0 aromatic heterocycles. The first-order chi connectivity index (χ1) is 10.6. The summed E-state index contributed by atoms with van der Waals surface area (Å²) in [4.78, 5) is 27.3. The van der Waals surface area contributed by atoms with Crippen LogP contribution in [0.4, 0.5) is 5.69 Å². The molecule has 3 rings (SSSR count). The van der Waals surface area contributed by atoms with Gasteiger partial charge in [-0.05, 0) is 24.3 Å². The number of aliphatic hydroxyl groups is 1. The third-order valence-corrected chi connectivity index (χ3v) is 4.57. The van der Waals surface area contributed by atoms with Crippen LogP contribution in [-0.4, -0.2) is 49.3 Å². The fraction of sp³-hybridized carbons (Fsp3) is 0.500. The maximum atomic E-state index is 12.6. The molecule has 2 aliphatic heterocycles. The highest BCUT2D eigenvalue weighted by Gasteiger charge is 2.46. The second kappa shape index (κ2) is 6.06. The molecule has 6 heteroatoms. The molecule has 1 aromatic rings. The highest BCUT2D eigenvalue weighted by Crippen LogP contribution is 2.24. The van der Waals surface area contributed by atoms with Gasteiger partial charge in [0.05, 0.1) is 38.4 Å². The first-order valence-electron chi connectivity index (χ1n) is 7.63. The molecule has 0 bridgehead atoms. The van der Waals surface area contributed by atoms with Crippen LogP contribution in [0.3, 0.4) is 0 Å². The number of rotatable bonds is 3. The third-order valence-electron chi connectivity index (χ3n) is 4.57. The predicted octanol–water partition coefficient (Wildman–Crippen LogP) is -0.633. The van der Waals surface area contributed by atoms with Gasteiger partial charge in [0.25, 0.3) is 5.91 Å². The number of carbonyl (C=O) groups is 2. The minimum Gasteiger partial charge on any atom is -0.497 e. The number of amides is 2. The molecule has 2 fully saturated rings. The highest BCUT2D eigenvalue weighted by molar-refractivity contribution is 6.21. The molecular formula is C16H21N2O4+. The van der Waals surface area contributed by atoms with E-state index >= 15 is 0 Å². The summed E-state index contributed by atoms with van der Waals surface area (Å²) in [5, 5.41) is 9.58. The van der Waals surface area contributed by atoms with Crippen LogP contribution in [0.2, 0.25) is 0 Å². The van der Waals surface area contributed by atoms with Gasteiger partial charge in [-0.3, -0.25) is 9.59 Å². The Morgan fingerprint density at radius 2 is 1.82 bits per heavy atom. The number of piperidine rings is 1. The lowest BCUT2D eigenvalue weighted by atomic mass is 10.1. The molecule has 0 aliphatic carbocycles. The van der Waals surface area contributed by atoms with Crippen LogP contribution in [0.1, 0.15) is 19.3 Å². The Morgan fingerprint density at radius 3 is 2.41 bits per heavy atom. The van der Waals surface area contributed by atoms with Crippen molar-refractivity contribution in [2.24, 2.45) is 0 Å². The predicted molar refractivity (Wildman–Crippen MR) is 79.8 cm³/mol. The van der Waals surface area contributed by atoms with Gasteiger partial charge >= 0.3 is 0 Å². The van der Waals surface area contributed by atoms with E-state index in [1.165, 1.54) is 4.90 Å². The van der Waals surface area contributed by atoms with Crippen LogP contribution in [-0.2, 0) is 9.59 Å². The number of anilines is 1. The van der Waals surface area contributed by atoms with Crippen molar-refractivity contribution in [3.63, 3.8) is 0 Å². The van der Waals surface area contributed by atoms with E-state index in [2.05, 4.69) is 0 Å². The molecule has 22 heavy (non-hydrogen) atoms. The molecule has 1 aromatic carbocycles. The quantitative estimate of drug-likeness (QED) is 0.729. The summed E-state index contributed by atoms with van der Waals surface area (Å²) in [6.45, 7) is 1.47. The Balaban J connectivity index is 1.76. The minimum absolute atomic E-state index is 0.137. The van der Waals surface area contributed by atoms with E-state index < -0.39 is 0 Å². The number of nitrogens with zero attached hydrogens (tertiary/aromatic N) is 1. The summed E-state index contributed by atoms with van der Waals surface area (Å²) in [5.74, 6) is 0.399. The number of aliphatic hydroxyl groups excluding tert-OH is 1. The maximum Gasteiger partial charge on any atom is 0.292 e. The summed E-state index contributed by atoms with van der Waals surface area (Å²) < 4.78 is 5.10. The number of hydrogen-bond acceptors (Lipinski definition) is 4. The molecule has 6 nitrogen and oxygen atoms in total. The molecular weight excluding hydrogens is 284 g/mol. The van der Waals surface area contributed by atoms with Crippen molar-refractivity contribution >= 4 is 17.5 Å². The van der Waals surface area contributed by atoms with Gasteiger partial charge in [0.2, 0.25) is 5.91 Å². The molecule has 1 atom stereocenters. The van der Waals surface area contributed by atoms with Crippen LogP contribution >= 0.6 is 0 Å². The minimum atomic E-state index is -0.317. The van der Waals surface area contributed by atoms with Crippen molar-refractivity contribution in [3.05, 3.63) is 24.3 Å². The molecule has 2 saturated heterocycles. The Hall–Kier alpha value is -1.92. The number of carbonyl (C=O) groups excluding carboxylic acids is 2. The molecule has 0 spiro atoms. The van der Waals surface area contributed by atoms with Crippen molar-refractivity contribution in [3.8, 4) is 5.75 Å². The highest BCUT2D eigenvalue weighted by atomic mass is 16.5. The van der Waals surface area contributed by atoms with E-state index in [0.717, 1.165) is 18.0 Å². The first kappa shape index (κ1) is 15.0. The van der Waals surface area contributed by atoms with Gasteiger partial charge in [-0.2, -0.15) is 0 Å². The number of hydrogen-bond donors (Lipinski definition) is 2. The Kier molecular flexibility index (Phi) is 4.13. The molecule has 2 amide bonds. The zero-order valence-corrected chi connectivity index (χ0v) is 12.6. The number of nitrogens with one attached hydrogen (secondary N) is 1. The van der Waals surface area contributed by atoms with E-state index in [1.54, 1.807) is 31.4 Å². The molecule has 118 valence electrons. The van der Waals surface area contributed by atoms with Crippen LogP contribution < -0.4 is 14.5 Å². The Labute approximate surface area is 129 Å². The van der Waals surface area contributed by atoms with Gasteiger partial charge in [0.1, 0.15) is 5.75 Å². The van der Waals surface area contributed by atoms with Crippen LogP contribution in [0.25, 0.3) is 0 Å².